The van der Waals surface area contributed by atoms with Crippen LogP contribution < -0.4 is 0 Å². The third-order valence-electron chi connectivity index (χ3n) is 5.02. The Morgan fingerprint density at radius 3 is 2.84 bits per heavy atom. The number of nitrogens with zero attached hydrogens (tertiary/aromatic N) is 4. The van der Waals surface area contributed by atoms with E-state index in [9.17, 15) is 14.4 Å². The molecule has 1 aliphatic rings. The van der Waals surface area contributed by atoms with Crippen molar-refractivity contribution in [1.82, 2.24) is 9.78 Å². The zero-order valence-electron chi connectivity index (χ0n) is 17.2. The van der Waals surface area contributed by atoms with E-state index in [4.69, 9.17) is 0 Å². The lowest BCUT2D eigenvalue weighted by molar-refractivity contribution is 0.268. The van der Waals surface area contributed by atoms with Crippen LogP contribution in [0.4, 0.5) is 9.18 Å². The summed E-state index contributed by atoms with van der Waals surface area (Å²) in [4.78, 5) is 16.5. The number of aromatic nitrogens is 2. The molecule has 0 saturated carbocycles. The van der Waals surface area contributed by atoms with E-state index < -0.39 is 5.41 Å². The van der Waals surface area contributed by atoms with Crippen molar-refractivity contribution in [2.45, 2.75) is 25.8 Å². The van der Waals surface area contributed by atoms with E-state index in [1.807, 2.05) is 36.7 Å². The van der Waals surface area contributed by atoms with Crippen LogP contribution in [0.3, 0.4) is 0 Å². The van der Waals surface area contributed by atoms with Gasteiger partial charge in [-0.2, -0.15) is 15.4 Å². The number of hydrogen-bond acceptors (Lipinski definition) is 5. The van der Waals surface area contributed by atoms with Crippen molar-refractivity contribution in [3.05, 3.63) is 70.0 Å². The molecule has 0 N–H and O–H groups in total. The molecule has 3 aromatic rings. The highest BCUT2D eigenvalue weighted by Gasteiger charge is 2.24. The van der Waals surface area contributed by atoms with Crippen molar-refractivity contribution in [3.8, 4) is 6.07 Å². The van der Waals surface area contributed by atoms with E-state index in [2.05, 4.69) is 16.2 Å². The van der Waals surface area contributed by atoms with Gasteiger partial charge in [-0.05, 0) is 78.9 Å². The Labute approximate surface area is 188 Å². The molecule has 1 aromatic heterocycles. The van der Waals surface area contributed by atoms with E-state index in [0.717, 1.165) is 43.7 Å². The molecule has 1 amide bonds. The quantitative estimate of drug-likeness (QED) is 0.488. The minimum atomic E-state index is -0.809. The van der Waals surface area contributed by atoms with Crippen molar-refractivity contribution < 1.29 is 9.18 Å². The van der Waals surface area contributed by atoms with Crippen molar-refractivity contribution in [2.24, 2.45) is 4.99 Å². The van der Waals surface area contributed by atoms with Gasteiger partial charge in [0.25, 0.3) is 0 Å². The van der Waals surface area contributed by atoms with Crippen molar-refractivity contribution in [1.29, 1.82) is 5.26 Å². The standard InChI is InChI=1S/C23H19FN4OS2/c1-23(2,13-25)18-10-17(24)6-5-15(18)11-28-12-16-8-14(4-7-19(16)27-28)9-20-21(30-3)26-22(29)31-20/h4-10,12H,11H2,1-3H3/b20-9-. The Kier molecular flexibility index (Phi) is 5.73. The smallest absolute Gasteiger partial charge is 0.267 e. The number of fused-ring (bicyclic) bond motifs is 1. The first kappa shape index (κ1) is 21.3. The van der Waals surface area contributed by atoms with Crippen molar-refractivity contribution in [2.75, 3.05) is 6.26 Å². The SMILES string of the molecule is CSC1=NC(=O)S/C1=C\c1ccc2nn(Cc3ccc(F)cc3C(C)(C)C#N)cc2c1. The van der Waals surface area contributed by atoms with Crippen LogP contribution in [0, 0.1) is 17.1 Å². The Hall–Kier alpha value is -2.89. The summed E-state index contributed by atoms with van der Waals surface area (Å²) >= 11 is 2.58. The second-order valence-corrected chi connectivity index (χ2v) is 9.47. The van der Waals surface area contributed by atoms with E-state index in [0.29, 0.717) is 12.1 Å². The van der Waals surface area contributed by atoms with E-state index in [1.165, 1.54) is 23.9 Å². The number of halogens is 1. The average Bonchev–Trinajstić information content (AvgIpc) is 3.30. The summed E-state index contributed by atoms with van der Waals surface area (Å²) in [6, 6.07) is 12.7. The van der Waals surface area contributed by atoms with E-state index >= 15 is 0 Å². The fourth-order valence-electron chi connectivity index (χ4n) is 3.46. The fourth-order valence-corrected chi connectivity index (χ4v) is 4.98. The van der Waals surface area contributed by atoms with Gasteiger partial charge in [0.1, 0.15) is 10.9 Å². The first-order valence-corrected chi connectivity index (χ1v) is 11.6. The number of hydrogen-bond donors (Lipinski definition) is 0. The Morgan fingerprint density at radius 2 is 2.10 bits per heavy atom. The minimum Gasteiger partial charge on any atom is -0.267 e. The maximum absolute atomic E-state index is 13.8. The van der Waals surface area contributed by atoms with Gasteiger partial charge in [-0.25, -0.2) is 4.39 Å². The molecule has 8 heteroatoms. The summed E-state index contributed by atoms with van der Waals surface area (Å²) < 4.78 is 15.6. The van der Waals surface area contributed by atoms with Gasteiger partial charge in [0.2, 0.25) is 0 Å². The van der Waals surface area contributed by atoms with Gasteiger partial charge in [0, 0.05) is 11.6 Å². The molecule has 0 atom stereocenters. The zero-order chi connectivity index (χ0) is 22.2. The molecule has 0 spiro atoms. The Bertz CT molecular complexity index is 1300. The minimum absolute atomic E-state index is 0.195. The highest BCUT2D eigenvalue weighted by Crippen LogP contribution is 2.33. The molecule has 1 aliphatic heterocycles. The number of amides is 1. The van der Waals surface area contributed by atoms with Crippen LogP contribution in [0.2, 0.25) is 0 Å². The summed E-state index contributed by atoms with van der Waals surface area (Å²) in [6.07, 6.45) is 5.78. The molecule has 156 valence electrons. The molecule has 2 heterocycles. The predicted molar refractivity (Wildman–Crippen MR) is 126 cm³/mol. The lowest BCUT2D eigenvalue weighted by Crippen LogP contribution is -2.18. The summed E-state index contributed by atoms with van der Waals surface area (Å²) in [5.74, 6) is -0.359. The monoisotopic (exact) mass is 450 g/mol. The number of aliphatic imine (C=N–C) groups is 1. The van der Waals surface area contributed by atoms with Crippen molar-refractivity contribution in [3.63, 3.8) is 0 Å². The average molecular weight is 451 g/mol. The van der Waals surface area contributed by atoms with Crippen molar-refractivity contribution >= 4 is 50.8 Å². The predicted octanol–water partition coefficient (Wildman–Crippen LogP) is 5.99. The van der Waals surface area contributed by atoms with Gasteiger partial charge >= 0.3 is 5.24 Å². The van der Waals surface area contributed by atoms with Gasteiger partial charge < -0.3 is 0 Å². The number of nitriles is 1. The Morgan fingerprint density at radius 1 is 1.29 bits per heavy atom. The lowest BCUT2D eigenvalue weighted by atomic mass is 9.83. The molecule has 5 nitrogen and oxygen atoms in total. The van der Waals surface area contributed by atoms with E-state index in [-0.39, 0.29) is 11.1 Å². The lowest BCUT2D eigenvalue weighted by Gasteiger charge is -2.20. The number of benzene rings is 2. The second kappa shape index (κ2) is 8.33. The van der Waals surface area contributed by atoms with Gasteiger partial charge in [-0.1, -0.05) is 12.1 Å². The molecule has 0 aliphatic carbocycles. The molecule has 0 unspecified atom stereocenters. The zero-order valence-corrected chi connectivity index (χ0v) is 18.9. The Balaban J connectivity index is 1.66. The third kappa shape index (κ3) is 4.43. The first-order chi connectivity index (χ1) is 14.8. The molecule has 0 saturated heterocycles. The van der Waals surface area contributed by atoms with Crippen LogP contribution in [-0.2, 0) is 12.0 Å². The van der Waals surface area contributed by atoms with Crippen LogP contribution in [-0.4, -0.2) is 26.3 Å². The second-order valence-electron chi connectivity index (χ2n) is 7.68. The van der Waals surface area contributed by atoms with Gasteiger partial charge in [-0.15, -0.1) is 11.8 Å². The third-order valence-corrected chi connectivity index (χ3v) is 6.65. The summed E-state index contributed by atoms with van der Waals surface area (Å²) in [7, 11) is 0. The number of rotatable bonds is 4. The molecule has 31 heavy (non-hydrogen) atoms. The van der Waals surface area contributed by atoms with Gasteiger partial charge in [-0.3, -0.25) is 9.48 Å². The van der Waals surface area contributed by atoms with Crippen LogP contribution in [0.1, 0.15) is 30.5 Å². The molecule has 0 bridgehead atoms. The summed E-state index contributed by atoms with van der Waals surface area (Å²) in [6.45, 7) is 3.99. The molecular formula is C23H19FN4OS2. The van der Waals surface area contributed by atoms with Crippen LogP contribution >= 0.6 is 23.5 Å². The number of carbonyl (C=O) groups is 1. The highest BCUT2D eigenvalue weighted by molar-refractivity contribution is 8.24. The largest absolute Gasteiger partial charge is 0.310 e. The maximum atomic E-state index is 13.8. The first-order valence-electron chi connectivity index (χ1n) is 9.53. The fraction of sp³-hybridized carbons (Fsp3) is 0.217. The van der Waals surface area contributed by atoms with Gasteiger partial charge in [0.05, 0.1) is 28.5 Å². The number of carbonyl (C=O) groups excluding carboxylic acids is 1. The maximum Gasteiger partial charge on any atom is 0.310 e. The molecule has 0 radical (unpaired) electrons. The van der Waals surface area contributed by atoms with Gasteiger partial charge in [0.15, 0.2) is 0 Å². The summed E-state index contributed by atoms with van der Waals surface area (Å²) in [5.41, 5.74) is 2.49. The van der Waals surface area contributed by atoms with Crippen LogP contribution in [0.15, 0.2) is 52.5 Å². The highest BCUT2D eigenvalue weighted by atomic mass is 32.2. The number of thioether (sulfide) groups is 2. The molecule has 0 fully saturated rings. The van der Waals surface area contributed by atoms with Crippen LogP contribution in [0.25, 0.3) is 17.0 Å². The topological polar surface area (TPSA) is 71.0 Å². The van der Waals surface area contributed by atoms with Crippen LogP contribution in [0.5, 0.6) is 0 Å². The molecular weight excluding hydrogens is 431 g/mol. The molecule has 4 rings (SSSR count). The molecule has 2 aromatic carbocycles. The van der Waals surface area contributed by atoms with E-state index in [1.54, 1.807) is 24.6 Å². The normalized spacial score (nSPS) is 15.5. The summed E-state index contributed by atoms with van der Waals surface area (Å²) in [5, 5.41) is 15.6.